The van der Waals surface area contributed by atoms with Gasteiger partial charge < -0.3 is 9.47 Å². The lowest BCUT2D eigenvalue weighted by molar-refractivity contribution is 0.0305. The molecule has 0 bridgehead atoms. The average molecular weight is 284 g/mol. The van der Waals surface area contributed by atoms with E-state index in [1.165, 1.54) is 0 Å². The minimum Gasteiger partial charge on any atom is -0.494 e. The number of rotatable bonds is 5. The molecule has 0 amide bonds. The van der Waals surface area contributed by atoms with Crippen molar-refractivity contribution in [2.24, 2.45) is 0 Å². The van der Waals surface area contributed by atoms with Gasteiger partial charge in [0.1, 0.15) is 5.75 Å². The summed E-state index contributed by atoms with van der Waals surface area (Å²) in [6.07, 6.45) is 2.74. The number of hydrogen-bond acceptors (Lipinski definition) is 4. The first-order valence-corrected chi connectivity index (χ1v) is 8.34. The normalized spacial score (nSPS) is 20.2. The van der Waals surface area contributed by atoms with Gasteiger partial charge in [0.05, 0.1) is 23.4 Å². The van der Waals surface area contributed by atoms with Crippen LogP contribution in [0, 0.1) is 0 Å². The zero-order chi connectivity index (χ0) is 13.7. The maximum atomic E-state index is 12.2. The summed E-state index contributed by atoms with van der Waals surface area (Å²) in [5.74, 6) is 0.761. The Labute approximate surface area is 114 Å². The van der Waals surface area contributed by atoms with E-state index in [1.54, 1.807) is 24.3 Å². The van der Waals surface area contributed by atoms with Crippen LogP contribution in [-0.2, 0) is 14.6 Å². The highest BCUT2D eigenvalue weighted by atomic mass is 32.2. The van der Waals surface area contributed by atoms with E-state index in [-0.39, 0.29) is 11.9 Å². The Bertz CT molecular complexity index is 487. The van der Waals surface area contributed by atoms with Crippen LogP contribution >= 0.6 is 0 Å². The summed E-state index contributed by atoms with van der Waals surface area (Å²) < 4.78 is 35.3. The third-order valence-corrected chi connectivity index (χ3v) is 4.97. The Morgan fingerprint density at radius 1 is 1.26 bits per heavy atom. The second kappa shape index (κ2) is 6.39. The highest BCUT2D eigenvalue weighted by molar-refractivity contribution is 7.91. The Kier molecular flexibility index (Phi) is 4.82. The van der Waals surface area contributed by atoms with Crippen LogP contribution in [0.4, 0.5) is 0 Å². The van der Waals surface area contributed by atoms with Gasteiger partial charge >= 0.3 is 0 Å². The van der Waals surface area contributed by atoms with Gasteiger partial charge in [-0.2, -0.15) is 0 Å². The number of benzene rings is 1. The fourth-order valence-electron chi connectivity index (χ4n) is 2.19. The molecule has 0 radical (unpaired) electrons. The van der Waals surface area contributed by atoms with Gasteiger partial charge in [-0.3, -0.25) is 0 Å². The summed E-state index contributed by atoms with van der Waals surface area (Å²) >= 11 is 0. The first kappa shape index (κ1) is 14.3. The highest BCUT2D eigenvalue weighted by Gasteiger charge is 2.23. The lowest BCUT2D eigenvalue weighted by Gasteiger charge is -2.22. The van der Waals surface area contributed by atoms with E-state index in [0.29, 0.717) is 23.9 Å². The van der Waals surface area contributed by atoms with Crippen LogP contribution in [0.1, 0.15) is 26.2 Å². The molecule has 5 heteroatoms. The lowest BCUT2D eigenvalue weighted by atomic mass is 10.1. The Hall–Kier alpha value is -1.07. The first-order valence-electron chi connectivity index (χ1n) is 6.69. The van der Waals surface area contributed by atoms with E-state index >= 15 is 0 Å². The summed E-state index contributed by atoms with van der Waals surface area (Å²) in [6, 6.07) is 6.59. The van der Waals surface area contributed by atoms with Crippen molar-refractivity contribution in [3.05, 3.63) is 24.3 Å². The molecule has 0 aliphatic carbocycles. The van der Waals surface area contributed by atoms with Crippen LogP contribution in [0.25, 0.3) is 0 Å². The molecule has 4 nitrogen and oxygen atoms in total. The zero-order valence-corrected chi connectivity index (χ0v) is 12.0. The maximum Gasteiger partial charge on any atom is 0.180 e. The largest absolute Gasteiger partial charge is 0.494 e. The molecular weight excluding hydrogens is 264 g/mol. The Morgan fingerprint density at radius 2 is 2.00 bits per heavy atom. The molecule has 0 spiro atoms. The molecule has 0 unspecified atom stereocenters. The van der Waals surface area contributed by atoms with Crippen LogP contribution in [0.3, 0.4) is 0 Å². The van der Waals surface area contributed by atoms with Crippen LogP contribution in [-0.4, -0.2) is 33.5 Å². The minimum absolute atomic E-state index is 0.0704. The second-order valence-electron chi connectivity index (χ2n) is 4.67. The van der Waals surface area contributed by atoms with Crippen molar-refractivity contribution < 1.29 is 17.9 Å². The molecule has 1 aromatic rings. The summed E-state index contributed by atoms with van der Waals surface area (Å²) in [5.41, 5.74) is 0. The van der Waals surface area contributed by atoms with Crippen LogP contribution in [0.5, 0.6) is 5.75 Å². The molecule has 1 fully saturated rings. The second-order valence-corrected chi connectivity index (χ2v) is 6.71. The first-order chi connectivity index (χ1) is 9.12. The van der Waals surface area contributed by atoms with Gasteiger partial charge in [0, 0.05) is 6.61 Å². The Balaban J connectivity index is 2.05. The highest BCUT2D eigenvalue weighted by Crippen LogP contribution is 2.21. The van der Waals surface area contributed by atoms with Crippen LogP contribution < -0.4 is 4.74 Å². The summed E-state index contributed by atoms with van der Waals surface area (Å²) in [7, 11) is -3.27. The molecule has 106 valence electrons. The van der Waals surface area contributed by atoms with Gasteiger partial charge in [0.2, 0.25) is 0 Å². The van der Waals surface area contributed by atoms with Crippen molar-refractivity contribution in [2.75, 3.05) is 19.0 Å². The summed E-state index contributed by atoms with van der Waals surface area (Å²) in [6.45, 7) is 3.14. The molecule has 1 saturated heterocycles. The molecule has 1 atom stereocenters. The van der Waals surface area contributed by atoms with Crippen molar-refractivity contribution in [2.45, 2.75) is 37.2 Å². The molecule has 0 aromatic heterocycles. The number of hydrogen-bond donors (Lipinski definition) is 0. The van der Waals surface area contributed by atoms with Gasteiger partial charge in [-0.15, -0.1) is 0 Å². The quantitative estimate of drug-likeness (QED) is 0.833. The topological polar surface area (TPSA) is 52.6 Å². The predicted molar refractivity (Wildman–Crippen MR) is 73.3 cm³/mol. The molecule has 1 aliphatic heterocycles. The van der Waals surface area contributed by atoms with Gasteiger partial charge in [0.25, 0.3) is 0 Å². The minimum atomic E-state index is -3.27. The van der Waals surface area contributed by atoms with Crippen molar-refractivity contribution in [3.63, 3.8) is 0 Å². The number of sulfone groups is 1. The number of ether oxygens (including phenoxy) is 2. The third-order valence-electron chi connectivity index (χ3n) is 3.17. The molecule has 0 N–H and O–H groups in total. The van der Waals surface area contributed by atoms with E-state index in [2.05, 4.69) is 0 Å². The average Bonchev–Trinajstić information content (AvgIpc) is 2.40. The van der Waals surface area contributed by atoms with E-state index < -0.39 is 9.84 Å². The summed E-state index contributed by atoms with van der Waals surface area (Å²) in [4.78, 5) is 0.338. The van der Waals surface area contributed by atoms with Crippen LogP contribution in [0.15, 0.2) is 29.2 Å². The molecular formula is C14H20O4S. The van der Waals surface area contributed by atoms with E-state index in [4.69, 9.17) is 9.47 Å². The predicted octanol–water partition coefficient (Wildman–Crippen LogP) is 2.43. The van der Waals surface area contributed by atoms with Gasteiger partial charge in [0.15, 0.2) is 9.84 Å². The van der Waals surface area contributed by atoms with Crippen molar-refractivity contribution >= 4 is 9.84 Å². The van der Waals surface area contributed by atoms with E-state index in [0.717, 1.165) is 19.3 Å². The van der Waals surface area contributed by atoms with E-state index in [1.807, 2.05) is 6.92 Å². The van der Waals surface area contributed by atoms with Crippen molar-refractivity contribution in [1.29, 1.82) is 0 Å². The SMILES string of the molecule is CCOc1ccc(S(=O)(=O)C[C@@H]2CCCCO2)cc1. The zero-order valence-electron chi connectivity index (χ0n) is 11.2. The monoisotopic (exact) mass is 284 g/mol. The lowest BCUT2D eigenvalue weighted by Crippen LogP contribution is -2.27. The standard InChI is InChI=1S/C14H20O4S/c1-2-17-12-6-8-14(9-7-12)19(15,16)11-13-5-3-4-10-18-13/h6-9,13H,2-5,10-11H2,1H3/t13-/m0/s1. The third kappa shape index (κ3) is 3.94. The molecule has 2 rings (SSSR count). The van der Waals surface area contributed by atoms with Crippen molar-refractivity contribution in [1.82, 2.24) is 0 Å². The summed E-state index contributed by atoms with van der Waals surface area (Å²) in [5, 5.41) is 0. The molecule has 1 heterocycles. The van der Waals surface area contributed by atoms with Crippen molar-refractivity contribution in [3.8, 4) is 5.75 Å². The fraction of sp³-hybridized carbons (Fsp3) is 0.571. The Morgan fingerprint density at radius 3 is 2.58 bits per heavy atom. The molecule has 19 heavy (non-hydrogen) atoms. The van der Waals surface area contributed by atoms with Crippen LogP contribution in [0.2, 0.25) is 0 Å². The van der Waals surface area contributed by atoms with Gasteiger partial charge in [-0.05, 0) is 50.5 Å². The van der Waals surface area contributed by atoms with Gasteiger partial charge in [-0.1, -0.05) is 0 Å². The van der Waals surface area contributed by atoms with E-state index in [9.17, 15) is 8.42 Å². The van der Waals surface area contributed by atoms with Gasteiger partial charge in [-0.25, -0.2) is 8.42 Å². The molecule has 0 saturated carbocycles. The fourth-order valence-corrected chi connectivity index (χ4v) is 3.69. The smallest absolute Gasteiger partial charge is 0.180 e. The maximum absolute atomic E-state index is 12.2. The molecule has 1 aliphatic rings. The molecule has 1 aromatic carbocycles.